The van der Waals surface area contributed by atoms with Gasteiger partial charge < -0.3 is 0 Å². The minimum absolute atomic E-state index is 0.0250. The molecule has 2 rings (SSSR count). The average molecular weight is 318 g/mol. The van der Waals surface area contributed by atoms with E-state index < -0.39 is 17.7 Å². The Hall–Kier alpha value is -1.36. The maximum atomic E-state index is 12.9. The first-order valence-corrected chi connectivity index (χ1v) is 7.02. The van der Waals surface area contributed by atoms with Crippen molar-refractivity contribution in [2.75, 3.05) is 7.05 Å². The lowest BCUT2D eigenvalue weighted by Gasteiger charge is -2.14. The molecule has 0 amide bonds. The first-order chi connectivity index (χ1) is 9.77. The Labute approximate surface area is 126 Å². The Bertz CT molecular complexity index is 595. The number of ketones is 1. The third-order valence-electron chi connectivity index (χ3n) is 3.84. The van der Waals surface area contributed by atoms with E-state index in [1.54, 1.807) is 7.05 Å². The Balaban J connectivity index is 2.50. The second kappa shape index (κ2) is 5.79. The molecule has 0 aliphatic heterocycles. The molecule has 1 aliphatic carbocycles. The largest absolute Gasteiger partial charge is 0.416 e. The molecule has 21 heavy (non-hydrogen) atoms. The zero-order valence-electron chi connectivity index (χ0n) is 11.7. The number of halogens is 4. The molecule has 0 heterocycles. The van der Waals surface area contributed by atoms with Crippen molar-refractivity contribution in [3.63, 3.8) is 0 Å². The van der Waals surface area contributed by atoms with Crippen molar-refractivity contribution in [2.24, 2.45) is 10.9 Å². The number of rotatable bonds is 2. The molecule has 2 atom stereocenters. The summed E-state index contributed by atoms with van der Waals surface area (Å²) in [7, 11) is 1.56. The van der Waals surface area contributed by atoms with Gasteiger partial charge in [0.05, 0.1) is 11.5 Å². The lowest BCUT2D eigenvalue weighted by molar-refractivity contribution is -0.137. The molecule has 1 fully saturated rings. The van der Waals surface area contributed by atoms with Gasteiger partial charge in [0.2, 0.25) is 0 Å². The Morgan fingerprint density at radius 3 is 2.52 bits per heavy atom. The van der Waals surface area contributed by atoms with Crippen LogP contribution in [0.25, 0.3) is 0 Å². The summed E-state index contributed by atoms with van der Waals surface area (Å²) in [5.41, 5.74) is 0.0619. The normalized spacial score (nSPS) is 24.9. The van der Waals surface area contributed by atoms with E-state index in [0.29, 0.717) is 18.6 Å². The average Bonchev–Trinajstić information content (AvgIpc) is 2.73. The van der Waals surface area contributed by atoms with Crippen molar-refractivity contribution in [2.45, 2.75) is 31.9 Å². The van der Waals surface area contributed by atoms with Crippen LogP contribution in [0.4, 0.5) is 13.2 Å². The minimum Gasteiger partial charge on any atom is -0.298 e. The van der Waals surface area contributed by atoms with Crippen LogP contribution in [0.5, 0.6) is 0 Å². The number of carbonyl (C=O) groups excluding carboxylic acids is 1. The van der Waals surface area contributed by atoms with Crippen molar-refractivity contribution in [3.8, 4) is 0 Å². The van der Waals surface area contributed by atoms with Gasteiger partial charge in [0.1, 0.15) is 5.78 Å². The maximum Gasteiger partial charge on any atom is 0.416 e. The number of hydrogen-bond acceptors (Lipinski definition) is 2. The van der Waals surface area contributed by atoms with E-state index in [1.807, 2.05) is 6.92 Å². The second-order valence-corrected chi connectivity index (χ2v) is 5.57. The standard InChI is InChI=1S/C15H15ClF3NO/c1-3-8-6-12(20-2)13(14(8)21)9-4-10(15(17,18)19)7-11(16)5-9/h4-5,7-8,13H,3,6H2,1-2H3. The fourth-order valence-corrected chi connectivity index (χ4v) is 2.98. The van der Waals surface area contributed by atoms with Crippen molar-refractivity contribution >= 4 is 23.1 Å². The van der Waals surface area contributed by atoms with Crippen molar-refractivity contribution < 1.29 is 18.0 Å². The van der Waals surface area contributed by atoms with Gasteiger partial charge in [0.25, 0.3) is 0 Å². The molecule has 0 saturated heterocycles. The lowest BCUT2D eigenvalue weighted by Crippen LogP contribution is -2.16. The molecule has 114 valence electrons. The highest BCUT2D eigenvalue weighted by Crippen LogP contribution is 2.39. The van der Waals surface area contributed by atoms with Gasteiger partial charge in [-0.2, -0.15) is 13.2 Å². The van der Waals surface area contributed by atoms with E-state index in [0.717, 1.165) is 12.1 Å². The molecule has 6 heteroatoms. The minimum atomic E-state index is -4.49. The van der Waals surface area contributed by atoms with Gasteiger partial charge in [0, 0.05) is 23.7 Å². The highest BCUT2D eigenvalue weighted by atomic mass is 35.5. The molecule has 1 aromatic carbocycles. The number of carbonyl (C=O) groups is 1. The zero-order valence-corrected chi connectivity index (χ0v) is 12.4. The Morgan fingerprint density at radius 1 is 1.33 bits per heavy atom. The lowest BCUT2D eigenvalue weighted by atomic mass is 9.92. The van der Waals surface area contributed by atoms with Gasteiger partial charge in [-0.25, -0.2) is 0 Å². The molecule has 1 aromatic rings. The summed E-state index contributed by atoms with van der Waals surface area (Å²) in [4.78, 5) is 16.5. The number of Topliss-reactive ketones (excluding diaryl/α,β-unsaturated/α-hetero) is 1. The summed E-state index contributed by atoms with van der Waals surface area (Å²) >= 11 is 5.79. The quantitative estimate of drug-likeness (QED) is 0.789. The van der Waals surface area contributed by atoms with Gasteiger partial charge in [-0.15, -0.1) is 0 Å². The van der Waals surface area contributed by atoms with Crippen LogP contribution >= 0.6 is 11.6 Å². The van der Waals surface area contributed by atoms with Crippen LogP contribution in [0, 0.1) is 5.92 Å². The predicted octanol–water partition coefficient (Wildman–Crippen LogP) is 4.51. The van der Waals surface area contributed by atoms with E-state index in [2.05, 4.69) is 4.99 Å². The summed E-state index contributed by atoms with van der Waals surface area (Å²) in [5.74, 6) is -0.963. The monoisotopic (exact) mass is 317 g/mol. The molecule has 0 spiro atoms. The molecule has 1 saturated carbocycles. The summed E-state index contributed by atoms with van der Waals surface area (Å²) in [6, 6.07) is 3.28. The van der Waals surface area contributed by atoms with E-state index in [9.17, 15) is 18.0 Å². The summed E-state index contributed by atoms with van der Waals surface area (Å²) in [6.07, 6.45) is -3.33. The summed E-state index contributed by atoms with van der Waals surface area (Å²) in [5, 5.41) is -0.0250. The summed E-state index contributed by atoms with van der Waals surface area (Å²) in [6.45, 7) is 1.89. The third kappa shape index (κ3) is 3.12. The van der Waals surface area contributed by atoms with E-state index in [-0.39, 0.29) is 22.3 Å². The number of hydrogen-bond donors (Lipinski definition) is 0. The Kier molecular flexibility index (Phi) is 4.42. The van der Waals surface area contributed by atoms with Gasteiger partial charge >= 0.3 is 6.18 Å². The van der Waals surface area contributed by atoms with Crippen LogP contribution in [0.1, 0.15) is 36.8 Å². The van der Waals surface area contributed by atoms with Crippen LogP contribution < -0.4 is 0 Å². The number of alkyl halides is 3. The first kappa shape index (κ1) is 16.0. The molecule has 0 radical (unpaired) electrons. The first-order valence-electron chi connectivity index (χ1n) is 6.64. The highest BCUT2D eigenvalue weighted by Gasteiger charge is 2.40. The van der Waals surface area contributed by atoms with Crippen molar-refractivity contribution in [1.82, 2.24) is 0 Å². The molecule has 2 nitrogen and oxygen atoms in total. The molecule has 0 bridgehead atoms. The Morgan fingerprint density at radius 2 is 2.00 bits per heavy atom. The molecular weight excluding hydrogens is 303 g/mol. The molecule has 0 aromatic heterocycles. The van der Waals surface area contributed by atoms with Crippen LogP contribution in [-0.2, 0) is 11.0 Å². The molecule has 0 N–H and O–H groups in total. The zero-order chi connectivity index (χ0) is 15.8. The molecule has 1 aliphatic rings. The van der Waals surface area contributed by atoms with Crippen LogP contribution in [0.3, 0.4) is 0 Å². The van der Waals surface area contributed by atoms with E-state index in [4.69, 9.17) is 11.6 Å². The van der Waals surface area contributed by atoms with Crippen LogP contribution in [0.2, 0.25) is 5.02 Å². The summed E-state index contributed by atoms with van der Waals surface area (Å²) < 4.78 is 38.6. The second-order valence-electron chi connectivity index (χ2n) is 5.13. The van der Waals surface area contributed by atoms with E-state index in [1.165, 1.54) is 6.07 Å². The van der Waals surface area contributed by atoms with Crippen LogP contribution in [-0.4, -0.2) is 18.5 Å². The van der Waals surface area contributed by atoms with Gasteiger partial charge in [-0.3, -0.25) is 9.79 Å². The van der Waals surface area contributed by atoms with Crippen LogP contribution in [0.15, 0.2) is 23.2 Å². The topological polar surface area (TPSA) is 29.4 Å². The molecular formula is C15H15ClF3NO. The SMILES string of the molecule is CCC1CC(=NC)C(c2cc(Cl)cc(C(F)(F)F)c2)C1=O. The fraction of sp³-hybridized carbons (Fsp3) is 0.467. The van der Waals surface area contributed by atoms with Crippen molar-refractivity contribution in [1.29, 1.82) is 0 Å². The highest BCUT2D eigenvalue weighted by molar-refractivity contribution is 6.31. The van der Waals surface area contributed by atoms with E-state index >= 15 is 0 Å². The number of benzene rings is 1. The smallest absolute Gasteiger partial charge is 0.298 e. The van der Waals surface area contributed by atoms with Crippen molar-refractivity contribution in [3.05, 3.63) is 34.3 Å². The van der Waals surface area contributed by atoms with Gasteiger partial charge in [-0.05, 0) is 36.6 Å². The fourth-order valence-electron chi connectivity index (χ4n) is 2.74. The third-order valence-corrected chi connectivity index (χ3v) is 4.05. The van der Waals surface area contributed by atoms with Gasteiger partial charge in [-0.1, -0.05) is 18.5 Å². The maximum absolute atomic E-state index is 12.9. The molecule has 2 unspecified atom stereocenters. The van der Waals surface area contributed by atoms with Gasteiger partial charge in [0.15, 0.2) is 0 Å². The number of aliphatic imine (C=N–C) groups is 1. The predicted molar refractivity (Wildman–Crippen MR) is 76.0 cm³/mol. The number of nitrogens with zero attached hydrogens (tertiary/aromatic N) is 1.